The molecule has 2 heterocycles. The number of fused-ring (bicyclic) bond motifs is 3. The van der Waals surface area contributed by atoms with Crippen molar-refractivity contribution >= 4 is 23.0 Å². The predicted octanol–water partition coefficient (Wildman–Crippen LogP) is 3.19. The van der Waals surface area contributed by atoms with E-state index in [0.717, 1.165) is 27.7 Å². The smallest absolute Gasteiger partial charge is 0.419 e. The number of aromatic nitrogens is 1. The van der Waals surface area contributed by atoms with Gasteiger partial charge in [-0.3, -0.25) is 0 Å². The van der Waals surface area contributed by atoms with Crippen molar-refractivity contribution in [3.8, 4) is 0 Å². The van der Waals surface area contributed by atoms with E-state index in [1.54, 1.807) is 4.57 Å². The highest BCUT2D eigenvalue weighted by Crippen LogP contribution is 2.34. The molecule has 2 aromatic carbocycles. The number of hydrogen-bond acceptors (Lipinski definition) is 5. The van der Waals surface area contributed by atoms with Crippen LogP contribution in [0.5, 0.6) is 0 Å². The first kappa shape index (κ1) is 17.3. The van der Waals surface area contributed by atoms with Gasteiger partial charge in [0.25, 0.3) is 0 Å². The highest BCUT2D eigenvalue weighted by atomic mass is 16.5. The van der Waals surface area contributed by atoms with Gasteiger partial charge in [0, 0.05) is 29.6 Å². The van der Waals surface area contributed by atoms with Crippen molar-refractivity contribution in [1.82, 2.24) is 9.88 Å². The number of rotatable bonds is 3. The average Bonchev–Trinajstić information content (AvgIpc) is 3.07. The summed E-state index contributed by atoms with van der Waals surface area (Å²) in [6.45, 7) is 0.773. The quantitative estimate of drug-likeness (QED) is 0.723. The lowest BCUT2D eigenvalue weighted by molar-refractivity contribution is -0.143. The lowest BCUT2D eigenvalue weighted by atomic mass is 9.98. The molecule has 1 atom stereocenters. The molecule has 6 nitrogen and oxygen atoms in total. The molecule has 3 aromatic rings. The summed E-state index contributed by atoms with van der Waals surface area (Å²) >= 11 is 0. The third-order valence-corrected chi connectivity index (χ3v) is 4.84. The topological polar surface area (TPSA) is 69.6 Å². The zero-order valence-electron chi connectivity index (χ0n) is 15.0. The second-order valence-electron chi connectivity index (χ2n) is 6.41. The SMILES string of the molecule is COC(=O)C1NCCc2c1c1ccccc1n2C(=O)OCc1ccccc1. The number of benzene rings is 2. The van der Waals surface area contributed by atoms with Crippen LogP contribution in [0, 0.1) is 0 Å². The van der Waals surface area contributed by atoms with Gasteiger partial charge in [0.2, 0.25) is 0 Å². The summed E-state index contributed by atoms with van der Waals surface area (Å²) in [7, 11) is 1.37. The van der Waals surface area contributed by atoms with Crippen LogP contribution in [0.25, 0.3) is 10.9 Å². The zero-order valence-corrected chi connectivity index (χ0v) is 15.0. The maximum Gasteiger partial charge on any atom is 0.419 e. The fraction of sp³-hybridized carbons (Fsp3) is 0.238. The van der Waals surface area contributed by atoms with E-state index in [2.05, 4.69) is 5.32 Å². The molecule has 0 saturated carbocycles. The Morgan fingerprint density at radius 1 is 1.11 bits per heavy atom. The molecule has 0 bridgehead atoms. The van der Waals surface area contributed by atoms with Crippen molar-refractivity contribution in [2.75, 3.05) is 13.7 Å². The predicted molar refractivity (Wildman–Crippen MR) is 100 cm³/mol. The van der Waals surface area contributed by atoms with E-state index in [1.165, 1.54) is 7.11 Å². The van der Waals surface area contributed by atoms with Gasteiger partial charge in [-0.1, -0.05) is 48.5 Å². The molecule has 27 heavy (non-hydrogen) atoms. The fourth-order valence-corrected chi connectivity index (χ4v) is 3.63. The number of ether oxygens (including phenoxy) is 2. The summed E-state index contributed by atoms with van der Waals surface area (Å²) in [5.74, 6) is -0.364. The Balaban J connectivity index is 1.75. The minimum Gasteiger partial charge on any atom is -0.468 e. The second kappa shape index (κ2) is 7.25. The van der Waals surface area contributed by atoms with E-state index in [-0.39, 0.29) is 12.6 Å². The Morgan fingerprint density at radius 3 is 2.63 bits per heavy atom. The monoisotopic (exact) mass is 364 g/mol. The summed E-state index contributed by atoms with van der Waals surface area (Å²) in [4.78, 5) is 25.2. The van der Waals surface area contributed by atoms with Crippen LogP contribution in [0.15, 0.2) is 54.6 Å². The number of esters is 1. The normalized spacial score (nSPS) is 16.0. The van der Waals surface area contributed by atoms with Gasteiger partial charge in [-0.05, 0) is 11.6 Å². The first-order chi connectivity index (χ1) is 13.2. The van der Waals surface area contributed by atoms with Gasteiger partial charge in [0.15, 0.2) is 0 Å². The standard InChI is InChI=1S/C21H20N2O4/c1-26-20(24)19-18-15-9-5-6-10-16(15)23(17(18)11-12-22-19)21(25)27-13-14-7-3-2-4-8-14/h2-10,19,22H,11-13H2,1H3. The van der Waals surface area contributed by atoms with Crippen LogP contribution < -0.4 is 5.32 Å². The summed E-state index contributed by atoms with van der Waals surface area (Å²) in [6.07, 6.45) is 0.180. The van der Waals surface area contributed by atoms with Crippen LogP contribution in [0.3, 0.4) is 0 Å². The van der Waals surface area contributed by atoms with Crippen LogP contribution in [-0.4, -0.2) is 30.3 Å². The third-order valence-electron chi connectivity index (χ3n) is 4.84. The van der Waals surface area contributed by atoms with Crippen molar-refractivity contribution in [3.63, 3.8) is 0 Å². The minimum absolute atomic E-state index is 0.194. The molecular formula is C21H20N2O4. The molecule has 1 N–H and O–H groups in total. The molecule has 1 aliphatic rings. The molecule has 0 spiro atoms. The third kappa shape index (κ3) is 3.08. The summed E-state index contributed by atoms with van der Waals surface area (Å²) in [6, 6.07) is 16.5. The van der Waals surface area contributed by atoms with Gasteiger partial charge in [-0.25, -0.2) is 14.2 Å². The Bertz CT molecular complexity index is 994. The van der Waals surface area contributed by atoms with Crippen molar-refractivity contribution in [1.29, 1.82) is 0 Å². The summed E-state index contributed by atoms with van der Waals surface area (Å²) < 4.78 is 12.1. The van der Waals surface area contributed by atoms with Gasteiger partial charge in [0.1, 0.15) is 12.6 Å². The molecule has 1 aliphatic heterocycles. The lowest BCUT2D eigenvalue weighted by Gasteiger charge is -2.23. The average molecular weight is 364 g/mol. The lowest BCUT2D eigenvalue weighted by Crippen LogP contribution is -2.36. The fourth-order valence-electron chi connectivity index (χ4n) is 3.63. The molecule has 4 rings (SSSR count). The molecule has 0 radical (unpaired) electrons. The molecule has 0 aliphatic carbocycles. The van der Waals surface area contributed by atoms with Crippen molar-refractivity contribution < 1.29 is 19.1 Å². The van der Waals surface area contributed by atoms with Crippen LogP contribution in [0.1, 0.15) is 22.9 Å². The van der Waals surface area contributed by atoms with Crippen molar-refractivity contribution in [2.45, 2.75) is 19.1 Å². The van der Waals surface area contributed by atoms with E-state index in [0.29, 0.717) is 13.0 Å². The van der Waals surface area contributed by atoms with Gasteiger partial charge in [-0.2, -0.15) is 0 Å². The number of hydrogen-bond donors (Lipinski definition) is 1. The van der Waals surface area contributed by atoms with Gasteiger partial charge >= 0.3 is 12.1 Å². The Labute approximate surface area is 156 Å². The van der Waals surface area contributed by atoms with Gasteiger partial charge < -0.3 is 14.8 Å². The molecule has 0 amide bonds. The zero-order chi connectivity index (χ0) is 18.8. The van der Waals surface area contributed by atoms with E-state index in [1.807, 2.05) is 54.6 Å². The molecule has 1 aromatic heterocycles. The number of carbonyl (C=O) groups excluding carboxylic acids is 2. The first-order valence-corrected chi connectivity index (χ1v) is 8.85. The van der Waals surface area contributed by atoms with Crippen LogP contribution in [0.2, 0.25) is 0 Å². The molecular weight excluding hydrogens is 344 g/mol. The largest absolute Gasteiger partial charge is 0.468 e. The van der Waals surface area contributed by atoms with Gasteiger partial charge in [0.05, 0.1) is 12.6 Å². The van der Waals surface area contributed by atoms with Crippen LogP contribution in [0.4, 0.5) is 4.79 Å². The Kier molecular flexibility index (Phi) is 4.64. The number of nitrogens with zero attached hydrogens (tertiary/aromatic N) is 1. The summed E-state index contributed by atoms with van der Waals surface area (Å²) in [5, 5.41) is 4.04. The number of carbonyl (C=O) groups is 2. The molecule has 0 fully saturated rings. The van der Waals surface area contributed by atoms with Crippen molar-refractivity contribution in [2.24, 2.45) is 0 Å². The van der Waals surface area contributed by atoms with E-state index in [4.69, 9.17) is 9.47 Å². The highest BCUT2D eigenvalue weighted by Gasteiger charge is 2.34. The van der Waals surface area contributed by atoms with E-state index < -0.39 is 12.1 Å². The summed E-state index contributed by atoms with van der Waals surface area (Å²) in [5.41, 5.74) is 3.24. The maximum absolute atomic E-state index is 12.9. The molecule has 6 heteroatoms. The van der Waals surface area contributed by atoms with Crippen LogP contribution in [-0.2, 0) is 27.3 Å². The molecule has 138 valence electrons. The van der Waals surface area contributed by atoms with Gasteiger partial charge in [-0.15, -0.1) is 0 Å². The number of methoxy groups -OCH3 is 1. The maximum atomic E-state index is 12.9. The van der Waals surface area contributed by atoms with E-state index >= 15 is 0 Å². The van der Waals surface area contributed by atoms with Crippen molar-refractivity contribution in [3.05, 3.63) is 71.4 Å². The number of para-hydroxylation sites is 1. The first-order valence-electron chi connectivity index (χ1n) is 8.85. The molecule has 1 unspecified atom stereocenters. The molecule has 0 saturated heterocycles. The number of nitrogens with one attached hydrogen (secondary N) is 1. The Morgan fingerprint density at radius 2 is 1.85 bits per heavy atom. The Hall–Kier alpha value is -3.12. The van der Waals surface area contributed by atoms with Crippen LogP contribution >= 0.6 is 0 Å². The minimum atomic E-state index is -0.591. The highest BCUT2D eigenvalue weighted by molar-refractivity contribution is 5.97. The van der Waals surface area contributed by atoms with E-state index in [9.17, 15) is 9.59 Å². The second-order valence-corrected chi connectivity index (χ2v) is 6.41.